The van der Waals surface area contributed by atoms with E-state index < -0.39 is 4.92 Å². The fourth-order valence-electron chi connectivity index (χ4n) is 1.17. The molecule has 0 saturated heterocycles. The summed E-state index contributed by atoms with van der Waals surface area (Å²) in [4.78, 5) is 31.4. The van der Waals surface area contributed by atoms with Crippen LogP contribution in [0.1, 0.15) is 0 Å². The summed E-state index contributed by atoms with van der Waals surface area (Å²) in [7, 11) is 0. The summed E-state index contributed by atoms with van der Waals surface area (Å²) in [6.45, 7) is 0. The van der Waals surface area contributed by atoms with Crippen LogP contribution in [0.5, 0.6) is 0 Å². The second-order valence-electron chi connectivity index (χ2n) is 3.19. The zero-order valence-electron chi connectivity index (χ0n) is 8.86. The number of hydrogen-bond donors (Lipinski definition) is 2. The van der Waals surface area contributed by atoms with Crippen LogP contribution >= 0.6 is 11.8 Å². The van der Waals surface area contributed by atoms with Crippen LogP contribution in [0, 0.1) is 10.1 Å². The summed E-state index contributed by atoms with van der Waals surface area (Å²) in [5.74, 6) is 0.0324. The van der Waals surface area contributed by atoms with Crippen molar-refractivity contribution in [2.75, 3.05) is 5.73 Å². The fourth-order valence-corrected chi connectivity index (χ4v) is 1.97. The molecule has 0 saturated carbocycles. The molecule has 92 valence electrons. The minimum Gasteiger partial charge on any atom is -0.383 e. The number of H-pyrrole nitrogens is 1. The van der Waals surface area contributed by atoms with Crippen LogP contribution in [0.3, 0.4) is 0 Å². The van der Waals surface area contributed by atoms with Gasteiger partial charge in [0.15, 0.2) is 5.16 Å². The standard InChI is InChI=1S/C9H7N5O3S/c10-6-3-5(14(16)17)4-8(12-6)18-9-11-2-1-7(15)13-9/h1-4H,(H2,10,12)(H,11,13,15). The van der Waals surface area contributed by atoms with Crippen LogP contribution in [0.25, 0.3) is 0 Å². The number of nitrogens with zero attached hydrogens (tertiary/aromatic N) is 3. The van der Waals surface area contributed by atoms with Crippen molar-refractivity contribution >= 4 is 23.3 Å². The van der Waals surface area contributed by atoms with Crippen molar-refractivity contribution in [1.29, 1.82) is 0 Å². The summed E-state index contributed by atoms with van der Waals surface area (Å²) in [5.41, 5.74) is 4.98. The Morgan fingerprint density at radius 3 is 2.89 bits per heavy atom. The number of pyridine rings is 1. The Morgan fingerprint density at radius 2 is 2.22 bits per heavy atom. The van der Waals surface area contributed by atoms with Gasteiger partial charge in [-0.25, -0.2) is 9.97 Å². The van der Waals surface area contributed by atoms with Crippen molar-refractivity contribution in [2.24, 2.45) is 0 Å². The van der Waals surface area contributed by atoms with Gasteiger partial charge >= 0.3 is 0 Å². The van der Waals surface area contributed by atoms with Gasteiger partial charge in [-0.15, -0.1) is 0 Å². The van der Waals surface area contributed by atoms with Gasteiger partial charge in [0.1, 0.15) is 10.8 Å². The van der Waals surface area contributed by atoms with Gasteiger partial charge < -0.3 is 10.7 Å². The smallest absolute Gasteiger partial charge is 0.275 e. The average Bonchev–Trinajstić information content (AvgIpc) is 2.28. The molecule has 0 radical (unpaired) electrons. The fraction of sp³-hybridized carbons (Fsp3) is 0. The SMILES string of the molecule is Nc1cc([N+](=O)[O-])cc(Sc2nccc(=O)[nH]2)n1. The van der Waals surface area contributed by atoms with Crippen LogP contribution in [0.15, 0.2) is 39.4 Å². The lowest BCUT2D eigenvalue weighted by molar-refractivity contribution is -0.385. The largest absolute Gasteiger partial charge is 0.383 e. The Bertz CT molecular complexity index is 657. The molecule has 18 heavy (non-hydrogen) atoms. The first kappa shape index (κ1) is 12.0. The number of anilines is 1. The highest BCUT2D eigenvalue weighted by atomic mass is 32.2. The molecule has 0 bridgehead atoms. The predicted molar refractivity (Wildman–Crippen MR) is 64.3 cm³/mol. The molecule has 0 aliphatic heterocycles. The van der Waals surface area contributed by atoms with E-state index in [0.717, 1.165) is 17.8 Å². The molecule has 0 aliphatic rings. The van der Waals surface area contributed by atoms with Gasteiger partial charge in [-0.1, -0.05) is 0 Å². The van der Waals surface area contributed by atoms with E-state index in [0.29, 0.717) is 0 Å². The number of aromatic amines is 1. The first-order valence-electron chi connectivity index (χ1n) is 4.70. The van der Waals surface area contributed by atoms with Crippen molar-refractivity contribution in [2.45, 2.75) is 10.2 Å². The molecule has 2 aromatic rings. The van der Waals surface area contributed by atoms with Gasteiger partial charge in [0.25, 0.3) is 11.2 Å². The first-order chi connectivity index (χ1) is 8.54. The number of rotatable bonds is 3. The van der Waals surface area contributed by atoms with Crippen LogP contribution in [-0.4, -0.2) is 19.9 Å². The van der Waals surface area contributed by atoms with Gasteiger partial charge in [0.2, 0.25) is 0 Å². The van der Waals surface area contributed by atoms with Gasteiger partial charge in [0, 0.05) is 18.3 Å². The maximum atomic E-state index is 11.1. The highest BCUT2D eigenvalue weighted by molar-refractivity contribution is 7.99. The van der Waals surface area contributed by atoms with Gasteiger partial charge in [-0.05, 0) is 11.8 Å². The van der Waals surface area contributed by atoms with Crippen LogP contribution < -0.4 is 11.3 Å². The number of aromatic nitrogens is 3. The quantitative estimate of drug-likeness (QED) is 0.477. The third-order valence-corrected chi connectivity index (χ3v) is 2.69. The van der Waals surface area contributed by atoms with Crippen LogP contribution in [0.2, 0.25) is 0 Å². The number of nitrogens with two attached hydrogens (primary N) is 1. The first-order valence-corrected chi connectivity index (χ1v) is 5.51. The van der Waals surface area contributed by atoms with Crippen LogP contribution in [0.4, 0.5) is 11.5 Å². The minimum atomic E-state index is -0.566. The van der Waals surface area contributed by atoms with E-state index in [4.69, 9.17) is 5.73 Å². The number of hydrogen-bond acceptors (Lipinski definition) is 7. The molecular formula is C9H7N5O3S. The third-order valence-electron chi connectivity index (χ3n) is 1.87. The molecule has 0 unspecified atom stereocenters. The third kappa shape index (κ3) is 2.83. The molecule has 0 aliphatic carbocycles. The molecule has 0 atom stereocenters. The molecule has 0 amide bonds. The normalized spacial score (nSPS) is 10.2. The van der Waals surface area contributed by atoms with Gasteiger partial charge in [-0.2, -0.15) is 0 Å². The minimum absolute atomic E-state index is 0.0324. The zero-order valence-corrected chi connectivity index (χ0v) is 9.68. The average molecular weight is 265 g/mol. The highest BCUT2D eigenvalue weighted by Crippen LogP contribution is 2.26. The Kier molecular flexibility index (Phi) is 3.24. The summed E-state index contributed by atoms with van der Waals surface area (Å²) in [6.07, 6.45) is 1.34. The topological polar surface area (TPSA) is 128 Å². The maximum absolute atomic E-state index is 11.1. The zero-order chi connectivity index (χ0) is 13.1. The van der Waals surface area contributed by atoms with E-state index in [1.807, 2.05) is 0 Å². The lowest BCUT2D eigenvalue weighted by Gasteiger charge is -2.01. The molecule has 9 heteroatoms. The van der Waals surface area contributed by atoms with E-state index in [1.54, 1.807) is 0 Å². The van der Waals surface area contributed by atoms with Crippen molar-refractivity contribution in [3.8, 4) is 0 Å². The summed E-state index contributed by atoms with van der Waals surface area (Å²) >= 11 is 0.985. The molecule has 2 heterocycles. The molecule has 2 rings (SSSR count). The maximum Gasteiger partial charge on any atom is 0.275 e. The molecule has 3 N–H and O–H groups in total. The lowest BCUT2D eigenvalue weighted by Crippen LogP contribution is -2.05. The summed E-state index contributed by atoms with van der Waals surface area (Å²) in [6, 6.07) is 3.68. The molecular weight excluding hydrogens is 258 g/mol. The van der Waals surface area contributed by atoms with Gasteiger partial charge in [0.05, 0.1) is 11.0 Å². The van der Waals surface area contributed by atoms with Crippen molar-refractivity contribution in [3.63, 3.8) is 0 Å². The lowest BCUT2D eigenvalue weighted by atomic mass is 10.4. The van der Waals surface area contributed by atoms with Crippen molar-refractivity contribution in [3.05, 3.63) is 44.9 Å². The Hall–Kier alpha value is -2.42. The monoisotopic (exact) mass is 265 g/mol. The van der Waals surface area contributed by atoms with Crippen LogP contribution in [-0.2, 0) is 0 Å². The second-order valence-corrected chi connectivity index (χ2v) is 4.20. The molecule has 0 fully saturated rings. The number of nitrogens with one attached hydrogen (secondary N) is 1. The van der Waals surface area contributed by atoms with E-state index >= 15 is 0 Å². The van der Waals surface area contributed by atoms with E-state index in [9.17, 15) is 14.9 Å². The van der Waals surface area contributed by atoms with Gasteiger partial charge in [-0.3, -0.25) is 14.9 Å². The Labute approximate surface area is 104 Å². The number of nitro groups is 1. The summed E-state index contributed by atoms with van der Waals surface area (Å²) in [5, 5.41) is 11.2. The summed E-state index contributed by atoms with van der Waals surface area (Å²) < 4.78 is 0. The van der Waals surface area contributed by atoms with E-state index in [1.165, 1.54) is 18.3 Å². The Morgan fingerprint density at radius 1 is 1.44 bits per heavy atom. The van der Waals surface area contributed by atoms with Crippen molar-refractivity contribution in [1.82, 2.24) is 15.0 Å². The second kappa shape index (κ2) is 4.84. The van der Waals surface area contributed by atoms with E-state index in [-0.39, 0.29) is 27.2 Å². The molecule has 2 aromatic heterocycles. The van der Waals surface area contributed by atoms with Crippen molar-refractivity contribution < 1.29 is 4.92 Å². The molecule has 8 nitrogen and oxygen atoms in total. The highest BCUT2D eigenvalue weighted by Gasteiger charge is 2.11. The Balaban J connectivity index is 2.34. The van der Waals surface area contributed by atoms with E-state index in [2.05, 4.69) is 15.0 Å². The molecule has 0 aromatic carbocycles. The predicted octanol–water partition coefficient (Wildman–Crippen LogP) is 0.806. The number of nitrogen functional groups attached to an aromatic ring is 1. The molecule has 0 spiro atoms.